The third-order valence-electron chi connectivity index (χ3n) is 20.3. The van der Waals surface area contributed by atoms with Crippen LogP contribution in [0.15, 0.2) is 148 Å². The van der Waals surface area contributed by atoms with Gasteiger partial charge in [-0.3, -0.25) is 49.0 Å². The number of rotatable bonds is 11. The topological polar surface area (TPSA) is 361 Å². The zero-order valence-electron chi connectivity index (χ0n) is 65.3. The van der Waals surface area contributed by atoms with Crippen LogP contribution >= 0.6 is 0 Å². The molecule has 27 heteroatoms. The number of benzene rings is 7. The number of aryl methyl sites for hydroxylation is 6. The number of anilines is 4. The first-order valence-electron chi connectivity index (χ1n) is 36.4. The lowest BCUT2D eigenvalue weighted by molar-refractivity contribution is -0.385. The Morgan fingerprint density at radius 1 is 0.473 bits per heavy atom. The number of pyridine rings is 1. The molecule has 5 N–H and O–H groups in total. The standard InChI is InChI=1S/C24H28N4O4S.C13H18N2O4S.2C12H11NO3.C12H13NO.C12H12O/c1-15-12-22(29)26-23-16(2)11-17(13-19(15)23)25-24(30)20-14-18(33(31,32)27(3)4)7-8-21(20)28-9-5-6-10-28;1-14(2)20(18,19)10-5-6-12(11(9-10)13(16)17)15-7-3-4-8-15;2*1-7-3-9(13(15)16)5-11-8(2)4-10(14)6-12(7)11;1-7-3-9(13)5-11-8(2)4-10(14)6-12(7)11;1-8-4-3-5-11-9(2)6-10(13)7-12(8)11/h7-8,11-14H,5-6,9-10H2,1-4H3,(H,25,30)(H,26,29);5-6,9H,3-4,7-8H2,1-2H3,(H,16,17);2*3-5H,6H2,1-2H3;3-5H,6,13H2,1-2H3;3-6H,7H2,1-2H3. The average Bonchev–Trinajstić information content (AvgIpc) is 0.915. The van der Waals surface area contributed by atoms with Gasteiger partial charge in [0.2, 0.25) is 25.6 Å². The van der Waals surface area contributed by atoms with Crippen LogP contribution in [0.1, 0.15) is 152 Å². The summed E-state index contributed by atoms with van der Waals surface area (Å²) in [4.78, 5) is 110. The first kappa shape index (κ1) is 84.4. The summed E-state index contributed by atoms with van der Waals surface area (Å²) in [6.07, 6.45) is 12.4. The zero-order valence-corrected chi connectivity index (χ0v) is 67.0. The SMILES string of the molecule is CC1=CC(=O)Cc2c(C)cc(N)cc21.CC1=CC(=O)Cc2c(C)cc([N+](=O)[O-])cc21.CC1=CC(=O)Cc2c(C)cc([N+](=O)[O-])cc21.CC1=CC(=O)Cc2c(C)cccc21.CN(C)S(=O)(=O)c1ccc(N2CCCC2)c(C(=O)O)c1.Cc1cc(=O)[nH]c2c(C)cc(NC(=O)c3cc(S(=O)(=O)N(C)C)ccc3N3CCCC3)cc12. The molecule has 8 aromatic rings. The van der Waals surface area contributed by atoms with Crippen molar-refractivity contribution in [3.8, 4) is 0 Å². The maximum atomic E-state index is 13.4. The van der Waals surface area contributed by atoms with E-state index in [1.807, 2.05) is 63.8 Å². The highest BCUT2D eigenvalue weighted by atomic mass is 32.2. The summed E-state index contributed by atoms with van der Waals surface area (Å²) in [5.41, 5.74) is 27.0. The fourth-order valence-electron chi connectivity index (χ4n) is 14.5. The molecule has 112 heavy (non-hydrogen) atoms. The van der Waals surface area contributed by atoms with Crippen LogP contribution in [0.3, 0.4) is 0 Å². The van der Waals surface area contributed by atoms with Gasteiger partial charge in [0, 0.05) is 133 Å². The lowest BCUT2D eigenvalue weighted by atomic mass is 9.87. The molecule has 2 saturated heterocycles. The Labute approximate surface area is 651 Å². The zero-order chi connectivity index (χ0) is 82.3. The molecule has 2 aliphatic heterocycles. The van der Waals surface area contributed by atoms with Crippen molar-refractivity contribution in [2.45, 2.75) is 130 Å². The molecule has 0 atom stereocenters. The van der Waals surface area contributed by atoms with E-state index in [1.54, 1.807) is 88.4 Å². The number of non-ortho nitro benzene ring substituents is 2. The van der Waals surface area contributed by atoms with Gasteiger partial charge in [-0.2, -0.15) is 0 Å². The molecule has 14 rings (SSSR count). The molecule has 0 spiro atoms. The Balaban J connectivity index is 0.000000160. The number of aromatic amines is 1. The summed E-state index contributed by atoms with van der Waals surface area (Å²) >= 11 is 0. The summed E-state index contributed by atoms with van der Waals surface area (Å²) in [6, 6.07) is 30.3. The first-order valence-corrected chi connectivity index (χ1v) is 39.2. The van der Waals surface area contributed by atoms with E-state index in [1.165, 1.54) is 81.3 Å². The Morgan fingerprint density at radius 3 is 1.29 bits per heavy atom. The number of fused-ring (bicyclic) bond motifs is 5. The van der Waals surface area contributed by atoms with E-state index in [2.05, 4.69) is 34.3 Å². The normalized spacial score (nSPS) is 14.8. The number of H-pyrrole nitrogens is 1. The van der Waals surface area contributed by atoms with Crippen molar-refractivity contribution in [2.24, 2.45) is 0 Å². The van der Waals surface area contributed by atoms with Crippen molar-refractivity contribution >= 4 is 122 Å². The second-order valence-electron chi connectivity index (χ2n) is 29.1. The van der Waals surface area contributed by atoms with Crippen molar-refractivity contribution in [2.75, 3.05) is 75.2 Å². The Bertz CT molecular complexity index is 5540. The maximum Gasteiger partial charge on any atom is 0.337 e. The molecule has 2 fully saturated rings. The number of hydrogen-bond donors (Lipinski definition) is 4. The molecule has 1 aromatic heterocycles. The second-order valence-corrected chi connectivity index (χ2v) is 33.4. The molecule has 6 aliphatic rings. The number of allylic oxidation sites excluding steroid dienone is 8. The van der Waals surface area contributed by atoms with Gasteiger partial charge < -0.3 is 30.9 Å². The third-order valence-corrected chi connectivity index (χ3v) is 24.0. The van der Waals surface area contributed by atoms with Crippen LogP contribution in [0, 0.1) is 61.8 Å². The average molecular weight is 1560 g/mol. The van der Waals surface area contributed by atoms with Gasteiger partial charge in [0.1, 0.15) is 0 Å². The number of nitrogens with zero attached hydrogens (tertiary/aromatic N) is 6. The van der Waals surface area contributed by atoms with Crippen molar-refractivity contribution in [3.05, 3.63) is 253 Å². The van der Waals surface area contributed by atoms with Crippen LogP contribution in [0.25, 0.3) is 33.2 Å². The highest BCUT2D eigenvalue weighted by Gasteiger charge is 2.29. The number of carbonyl (C=O) groups excluding carboxylic acids is 5. The van der Waals surface area contributed by atoms with Crippen molar-refractivity contribution in [1.29, 1.82) is 0 Å². The summed E-state index contributed by atoms with van der Waals surface area (Å²) in [5.74, 6) is -0.970. The van der Waals surface area contributed by atoms with E-state index in [0.717, 1.165) is 166 Å². The minimum absolute atomic E-state index is 0.00264. The predicted octanol–water partition coefficient (Wildman–Crippen LogP) is 14.0. The number of nitrogens with one attached hydrogen (secondary N) is 2. The van der Waals surface area contributed by atoms with Crippen molar-refractivity contribution in [1.82, 2.24) is 13.6 Å². The first-order chi connectivity index (χ1) is 52.6. The van der Waals surface area contributed by atoms with Crippen LogP contribution in [-0.4, -0.2) is 135 Å². The minimum atomic E-state index is -3.69. The van der Waals surface area contributed by atoms with Gasteiger partial charge in [0.25, 0.3) is 17.3 Å². The molecule has 0 radical (unpaired) electrons. The summed E-state index contributed by atoms with van der Waals surface area (Å²) in [6.45, 7) is 22.2. The van der Waals surface area contributed by atoms with E-state index in [4.69, 9.17) is 5.73 Å². The van der Waals surface area contributed by atoms with Gasteiger partial charge in [-0.25, -0.2) is 30.2 Å². The molecule has 0 unspecified atom stereocenters. The van der Waals surface area contributed by atoms with Crippen LogP contribution in [0.2, 0.25) is 0 Å². The van der Waals surface area contributed by atoms with E-state index < -0.39 is 35.9 Å². The van der Waals surface area contributed by atoms with Crippen LogP contribution in [0.4, 0.5) is 34.1 Å². The summed E-state index contributed by atoms with van der Waals surface area (Å²) < 4.78 is 51.7. The number of carboxylic acid groups (broad SMARTS) is 1. The largest absolute Gasteiger partial charge is 0.478 e. The molecule has 586 valence electrons. The lowest BCUT2D eigenvalue weighted by Crippen LogP contribution is -2.25. The van der Waals surface area contributed by atoms with Crippen molar-refractivity contribution in [3.63, 3.8) is 0 Å². The van der Waals surface area contributed by atoms with Gasteiger partial charge in [-0.15, -0.1) is 0 Å². The van der Waals surface area contributed by atoms with Gasteiger partial charge in [-0.05, 0) is 280 Å². The molecule has 25 nitrogen and oxygen atoms in total. The second kappa shape index (κ2) is 35.1. The maximum absolute atomic E-state index is 13.4. The summed E-state index contributed by atoms with van der Waals surface area (Å²) in [5, 5.41) is 34.6. The number of amides is 1. The predicted molar refractivity (Wildman–Crippen MR) is 438 cm³/mol. The number of aromatic carboxylic acids is 1. The monoisotopic (exact) mass is 1560 g/mol. The van der Waals surface area contributed by atoms with Crippen LogP contribution < -0.4 is 26.4 Å². The molecule has 0 bridgehead atoms. The highest BCUT2D eigenvalue weighted by Crippen LogP contribution is 2.37. The molecule has 0 saturated carbocycles. The molecular formula is C85H93N9O16S2. The van der Waals surface area contributed by atoms with Gasteiger partial charge in [0.05, 0.1) is 42.0 Å². The highest BCUT2D eigenvalue weighted by molar-refractivity contribution is 7.89. The number of ketones is 4. The Morgan fingerprint density at radius 2 is 0.866 bits per heavy atom. The number of nitro groups is 2. The van der Waals surface area contributed by atoms with Crippen LogP contribution in [0.5, 0.6) is 0 Å². The smallest absolute Gasteiger partial charge is 0.337 e. The van der Waals surface area contributed by atoms with Gasteiger partial charge in [-0.1, -0.05) is 18.2 Å². The van der Waals surface area contributed by atoms with E-state index in [0.29, 0.717) is 42.6 Å². The summed E-state index contributed by atoms with van der Waals surface area (Å²) in [7, 11) is -1.54. The minimum Gasteiger partial charge on any atom is -0.478 e. The Kier molecular flexibility index (Phi) is 26.5. The molecular weight excluding hydrogens is 1470 g/mol. The number of aromatic nitrogens is 1. The number of carbonyl (C=O) groups is 6. The number of nitrogen functional groups attached to an aromatic ring is 1. The van der Waals surface area contributed by atoms with Gasteiger partial charge >= 0.3 is 5.97 Å². The lowest BCUT2D eigenvalue weighted by Gasteiger charge is -2.22. The van der Waals surface area contributed by atoms with E-state index in [-0.39, 0.29) is 61.3 Å². The van der Waals surface area contributed by atoms with Crippen molar-refractivity contribution < 1.29 is 60.6 Å². The number of nitro benzene ring substituents is 2. The molecule has 4 aliphatic carbocycles. The third kappa shape index (κ3) is 19.5. The molecule has 1 amide bonds. The fraction of sp³-hybridized carbons (Fsp3) is 0.306. The fourth-order valence-corrected chi connectivity index (χ4v) is 16.3. The molecule has 3 heterocycles. The number of nitrogens with two attached hydrogens (primary N) is 1. The van der Waals surface area contributed by atoms with E-state index in [9.17, 15) is 75.7 Å². The van der Waals surface area contributed by atoms with Gasteiger partial charge in [0.15, 0.2) is 23.1 Å². The Hall–Kier alpha value is -11.7. The molecule has 7 aromatic carbocycles. The number of sulfonamides is 2. The number of carboxylic acids is 1. The quantitative estimate of drug-likeness (QED) is 0.0531. The number of hydrogen-bond acceptors (Lipinski definition) is 18. The van der Waals surface area contributed by atoms with E-state index >= 15 is 0 Å². The van der Waals surface area contributed by atoms with Crippen LogP contribution in [-0.2, 0) is 64.9 Å².